The number of carbonyl (C=O) groups excluding carboxylic acids is 1. The fourth-order valence-electron chi connectivity index (χ4n) is 1.77. The van der Waals surface area contributed by atoms with Crippen molar-refractivity contribution in [3.05, 3.63) is 39.9 Å². The van der Waals surface area contributed by atoms with Gasteiger partial charge in [0.15, 0.2) is 0 Å². The molecule has 0 atom stereocenters. The van der Waals surface area contributed by atoms with E-state index in [0.29, 0.717) is 5.69 Å². The van der Waals surface area contributed by atoms with Gasteiger partial charge in [-0.1, -0.05) is 0 Å². The van der Waals surface area contributed by atoms with Gasteiger partial charge in [-0.15, -0.1) is 0 Å². The number of ketones is 1. The van der Waals surface area contributed by atoms with Crippen LogP contribution < -0.4 is 0 Å². The van der Waals surface area contributed by atoms with Crippen molar-refractivity contribution in [1.29, 1.82) is 0 Å². The fourth-order valence-corrected chi connectivity index (χ4v) is 2.22. The molecule has 2 aromatic heterocycles. The van der Waals surface area contributed by atoms with Gasteiger partial charge in [-0.05, 0) is 48.0 Å². The molecule has 0 saturated carbocycles. The van der Waals surface area contributed by atoms with Crippen LogP contribution in [0.25, 0.3) is 6.08 Å². The molecule has 0 fully saturated rings. The van der Waals surface area contributed by atoms with Gasteiger partial charge in [0.2, 0.25) is 5.78 Å². The van der Waals surface area contributed by atoms with Crippen molar-refractivity contribution in [3.63, 3.8) is 0 Å². The van der Waals surface area contributed by atoms with Gasteiger partial charge in [0.1, 0.15) is 5.69 Å². The maximum Gasteiger partial charge on any atom is 0.203 e. The number of aromatic nitrogens is 4. The SMILES string of the molecule is CCn1cc(Br)c(/C=C/C(=O)c2cc(C)nn2C)n1. The van der Waals surface area contributed by atoms with Crippen LogP contribution in [0.3, 0.4) is 0 Å². The number of carbonyl (C=O) groups is 1. The first-order valence-electron chi connectivity index (χ1n) is 5.97. The Morgan fingerprint density at radius 1 is 1.47 bits per heavy atom. The smallest absolute Gasteiger partial charge is 0.203 e. The van der Waals surface area contributed by atoms with Crippen LogP contribution in [0.2, 0.25) is 0 Å². The zero-order chi connectivity index (χ0) is 14.0. The standard InChI is InChI=1S/C13H15BrN4O/c1-4-18-8-10(14)11(16-18)5-6-13(19)12-7-9(2)15-17(12)3/h5-8H,4H2,1-3H3/b6-5+. The molecule has 0 saturated heterocycles. The quantitative estimate of drug-likeness (QED) is 0.642. The summed E-state index contributed by atoms with van der Waals surface area (Å²) in [6.07, 6.45) is 5.11. The molecule has 100 valence electrons. The van der Waals surface area contributed by atoms with E-state index in [4.69, 9.17) is 0 Å². The Balaban J connectivity index is 2.20. The molecule has 19 heavy (non-hydrogen) atoms. The number of halogens is 1. The van der Waals surface area contributed by atoms with Gasteiger partial charge >= 0.3 is 0 Å². The topological polar surface area (TPSA) is 52.7 Å². The third-order valence-electron chi connectivity index (χ3n) is 2.71. The first kappa shape index (κ1) is 13.7. The van der Waals surface area contributed by atoms with E-state index in [1.165, 1.54) is 6.08 Å². The summed E-state index contributed by atoms with van der Waals surface area (Å²) in [6.45, 7) is 4.66. The molecule has 2 heterocycles. The molecule has 0 N–H and O–H groups in total. The van der Waals surface area contributed by atoms with E-state index < -0.39 is 0 Å². The van der Waals surface area contributed by atoms with Gasteiger partial charge in [0, 0.05) is 19.8 Å². The van der Waals surface area contributed by atoms with Gasteiger partial charge in [0.05, 0.1) is 15.9 Å². The van der Waals surface area contributed by atoms with E-state index >= 15 is 0 Å². The predicted molar refractivity (Wildman–Crippen MR) is 76.9 cm³/mol. The first-order chi connectivity index (χ1) is 9.01. The molecule has 0 amide bonds. The van der Waals surface area contributed by atoms with Crippen molar-refractivity contribution in [2.45, 2.75) is 20.4 Å². The van der Waals surface area contributed by atoms with Crippen molar-refractivity contribution in [2.75, 3.05) is 0 Å². The van der Waals surface area contributed by atoms with E-state index in [1.54, 1.807) is 23.9 Å². The number of allylic oxidation sites excluding steroid dienone is 1. The average Bonchev–Trinajstić information content (AvgIpc) is 2.89. The summed E-state index contributed by atoms with van der Waals surface area (Å²) in [5.74, 6) is -0.0824. The number of aryl methyl sites for hydroxylation is 3. The third kappa shape index (κ3) is 3.01. The lowest BCUT2D eigenvalue weighted by Gasteiger charge is -1.95. The van der Waals surface area contributed by atoms with Crippen molar-refractivity contribution in [3.8, 4) is 0 Å². The summed E-state index contributed by atoms with van der Waals surface area (Å²) >= 11 is 3.42. The molecule has 0 radical (unpaired) electrons. The molecule has 0 aromatic carbocycles. The molecule has 0 bridgehead atoms. The largest absolute Gasteiger partial charge is 0.288 e. The van der Waals surface area contributed by atoms with Crippen LogP contribution in [0.4, 0.5) is 0 Å². The van der Waals surface area contributed by atoms with E-state index in [2.05, 4.69) is 26.1 Å². The second-order valence-corrected chi connectivity index (χ2v) is 5.06. The minimum Gasteiger partial charge on any atom is -0.288 e. The monoisotopic (exact) mass is 322 g/mol. The lowest BCUT2D eigenvalue weighted by Crippen LogP contribution is -2.03. The lowest BCUT2D eigenvalue weighted by molar-refractivity contribution is 0.103. The van der Waals surface area contributed by atoms with Gasteiger partial charge in [-0.2, -0.15) is 10.2 Å². The molecule has 0 aliphatic carbocycles. The molecule has 0 unspecified atom stereocenters. The van der Waals surface area contributed by atoms with E-state index in [0.717, 1.165) is 22.4 Å². The third-order valence-corrected chi connectivity index (χ3v) is 3.33. The van der Waals surface area contributed by atoms with Crippen LogP contribution in [0.1, 0.15) is 28.8 Å². The average molecular weight is 323 g/mol. The highest BCUT2D eigenvalue weighted by Gasteiger charge is 2.09. The van der Waals surface area contributed by atoms with Crippen LogP contribution in [-0.2, 0) is 13.6 Å². The minimum absolute atomic E-state index is 0.0824. The Morgan fingerprint density at radius 2 is 2.21 bits per heavy atom. The highest BCUT2D eigenvalue weighted by molar-refractivity contribution is 9.10. The van der Waals surface area contributed by atoms with Crippen LogP contribution in [0.5, 0.6) is 0 Å². The zero-order valence-electron chi connectivity index (χ0n) is 11.1. The summed E-state index contributed by atoms with van der Waals surface area (Å²) in [5.41, 5.74) is 2.14. The Labute approximate surface area is 120 Å². The Kier molecular flexibility index (Phi) is 3.99. The second-order valence-electron chi connectivity index (χ2n) is 4.21. The summed E-state index contributed by atoms with van der Waals surface area (Å²) in [6, 6.07) is 1.77. The number of rotatable bonds is 4. The van der Waals surface area contributed by atoms with Crippen molar-refractivity contribution >= 4 is 27.8 Å². The summed E-state index contributed by atoms with van der Waals surface area (Å²) in [7, 11) is 1.76. The first-order valence-corrected chi connectivity index (χ1v) is 6.76. The van der Waals surface area contributed by atoms with Crippen LogP contribution >= 0.6 is 15.9 Å². The van der Waals surface area contributed by atoms with Crippen molar-refractivity contribution in [2.24, 2.45) is 7.05 Å². The highest BCUT2D eigenvalue weighted by atomic mass is 79.9. The van der Waals surface area contributed by atoms with E-state index in [1.807, 2.05) is 24.7 Å². The molecular formula is C13H15BrN4O. The second kappa shape index (κ2) is 5.52. The normalized spacial score (nSPS) is 11.4. The number of hydrogen-bond acceptors (Lipinski definition) is 3. The van der Waals surface area contributed by atoms with Gasteiger partial charge in [0.25, 0.3) is 0 Å². The Hall–Kier alpha value is -1.69. The molecule has 6 heteroatoms. The predicted octanol–water partition coefficient (Wildman–Crippen LogP) is 2.60. The van der Waals surface area contributed by atoms with Crippen LogP contribution in [0, 0.1) is 6.92 Å². The summed E-state index contributed by atoms with van der Waals surface area (Å²) < 4.78 is 4.27. The number of hydrogen-bond donors (Lipinski definition) is 0. The zero-order valence-corrected chi connectivity index (χ0v) is 12.7. The molecule has 2 rings (SSSR count). The minimum atomic E-state index is -0.0824. The van der Waals surface area contributed by atoms with E-state index in [9.17, 15) is 4.79 Å². The van der Waals surface area contributed by atoms with Crippen LogP contribution in [0.15, 0.2) is 22.8 Å². The highest BCUT2D eigenvalue weighted by Crippen LogP contribution is 2.16. The van der Waals surface area contributed by atoms with Gasteiger partial charge in [-0.25, -0.2) is 0 Å². The van der Waals surface area contributed by atoms with Crippen molar-refractivity contribution < 1.29 is 4.79 Å². The maximum atomic E-state index is 12.0. The van der Waals surface area contributed by atoms with Gasteiger partial charge < -0.3 is 0 Å². The van der Waals surface area contributed by atoms with E-state index in [-0.39, 0.29) is 5.78 Å². The maximum absolute atomic E-state index is 12.0. The Morgan fingerprint density at radius 3 is 2.74 bits per heavy atom. The Bertz CT molecular complexity index is 639. The molecule has 0 aliphatic rings. The molecular weight excluding hydrogens is 308 g/mol. The molecule has 0 aliphatic heterocycles. The number of nitrogens with zero attached hydrogens (tertiary/aromatic N) is 4. The molecule has 2 aromatic rings. The molecule has 0 spiro atoms. The fraction of sp³-hybridized carbons (Fsp3) is 0.308. The lowest BCUT2D eigenvalue weighted by atomic mass is 10.2. The van der Waals surface area contributed by atoms with Crippen molar-refractivity contribution in [1.82, 2.24) is 19.6 Å². The van der Waals surface area contributed by atoms with Gasteiger partial charge in [-0.3, -0.25) is 14.2 Å². The van der Waals surface area contributed by atoms with Crippen LogP contribution in [-0.4, -0.2) is 25.3 Å². The summed E-state index contributed by atoms with van der Waals surface area (Å²) in [4.78, 5) is 12.0. The molecule has 5 nitrogen and oxygen atoms in total. The summed E-state index contributed by atoms with van der Waals surface area (Å²) in [5, 5.41) is 8.48.